The van der Waals surface area contributed by atoms with Crippen molar-refractivity contribution >= 4 is 21.8 Å². The summed E-state index contributed by atoms with van der Waals surface area (Å²) in [5, 5.41) is 2.52. The summed E-state index contributed by atoms with van der Waals surface area (Å²) in [6.07, 6.45) is 3.99. The molecule has 2 nitrogen and oxygen atoms in total. The molecule has 0 atom stereocenters. The maximum absolute atomic E-state index is 4.55. The van der Waals surface area contributed by atoms with E-state index in [-0.39, 0.29) is 0 Å². The molecule has 0 bridgehead atoms. The van der Waals surface area contributed by atoms with E-state index in [9.17, 15) is 0 Å². The van der Waals surface area contributed by atoms with Crippen LogP contribution in [0, 0.1) is 13.8 Å². The zero-order valence-corrected chi connectivity index (χ0v) is 10.4. The Balaban J connectivity index is 2.65. The van der Waals surface area contributed by atoms with E-state index in [2.05, 4.69) is 60.9 Å². The van der Waals surface area contributed by atoms with E-state index in [1.54, 1.807) is 0 Å². The van der Waals surface area contributed by atoms with Gasteiger partial charge in [-0.3, -0.25) is 0 Å². The molecule has 0 spiro atoms. The van der Waals surface area contributed by atoms with Crippen molar-refractivity contribution in [2.75, 3.05) is 0 Å². The lowest BCUT2D eigenvalue weighted by Gasteiger charge is -2.05. The predicted octanol–water partition coefficient (Wildman–Crippen LogP) is 2.83. The summed E-state index contributed by atoms with van der Waals surface area (Å²) in [7, 11) is 2.07. The molecule has 2 heterocycles. The summed E-state index contributed by atoms with van der Waals surface area (Å²) in [6.45, 7) is 4.27. The molecule has 0 aliphatic rings. The molecule has 0 aliphatic carbocycles. The first kappa shape index (κ1) is 10.2. The third-order valence-electron chi connectivity index (χ3n) is 3.43. The van der Waals surface area contributed by atoms with E-state index >= 15 is 0 Å². The maximum Gasteiger partial charge on any atom is 0.239 e. The van der Waals surface area contributed by atoms with Crippen LogP contribution in [0.15, 0.2) is 36.7 Å². The monoisotopic (exact) mass is 223 g/mol. The van der Waals surface area contributed by atoms with Gasteiger partial charge in [0.2, 0.25) is 5.52 Å². The zero-order valence-electron chi connectivity index (χ0n) is 10.4. The summed E-state index contributed by atoms with van der Waals surface area (Å²) < 4.78 is 2.15. The highest BCUT2D eigenvalue weighted by molar-refractivity contribution is 6.02. The molecule has 0 N–H and O–H groups in total. The molecular weight excluding hydrogens is 208 g/mol. The van der Waals surface area contributed by atoms with Crippen molar-refractivity contribution in [1.29, 1.82) is 0 Å². The fourth-order valence-corrected chi connectivity index (χ4v) is 2.41. The van der Waals surface area contributed by atoms with E-state index in [0.717, 1.165) is 5.52 Å². The van der Waals surface area contributed by atoms with Gasteiger partial charge in [-0.15, -0.1) is 0 Å². The molecular formula is C15H15N2+. The first-order chi connectivity index (χ1) is 8.18. The van der Waals surface area contributed by atoms with Crippen molar-refractivity contribution < 1.29 is 4.57 Å². The maximum atomic E-state index is 4.55. The minimum atomic E-state index is 1.09. The molecule has 0 aliphatic heterocycles. The molecule has 0 unspecified atom stereocenters. The molecule has 0 fully saturated rings. The molecule has 1 aromatic carbocycles. The third kappa shape index (κ3) is 1.41. The van der Waals surface area contributed by atoms with Crippen LogP contribution in [0.3, 0.4) is 0 Å². The van der Waals surface area contributed by atoms with Crippen molar-refractivity contribution in [3.05, 3.63) is 47.8 Å². The van der Waals surface area contributed by atoms with E-state index in [0.29, 0.717) is 0 Å². The Morgan fingerprint density at radius 2 is 1.65 bits per heavy atom. The molecule has 3 aromatic rings. The van der Waals surface area contributed by atoms with Crippen LogP contribution in [0.5, 0.6) is 0 Å². The largest absolute Gasteiger partial charge is 0.249 e. The molecule has 0 saturated carbocycles. The van der Waals surface area contributed by atoms with Crippen molar-refractivity contribution in [2.24, 2.45) is 7.05 Å². The minimum Gasteiger partial charge on any atom is -0.249 e. The number of nitrogens with zero attached hydrogens (tertiary/aromatic N) is 2. The Kier molecular flexibility index (Phi) is 2.11. The lowest BCUT2D eigenvalue weighted by atomic mass is 10.0. The standard InChI is InChI=1S/C15H15N2/c1-10-6-8-16-14-12(10)4-5-13-11(2)7-9-17(3)15(13)14/h4-9H,1-3H3/q+1. The van der Waals surface area contributed by atoms with Gasteiger partial charge in [-0.1, -0.05) is 6.07 Å². The van der Waals surface area contributed by atoms with Crippen LogP contribution in [0.4, 0.5) is 0 Å². The van der Waals surface area contributed by atoms with Gasteiger partial charge in [0.25, 0.3) is 0 Å². The lowest BCUT2D eigenvalue weighted by molar-refractivity contribution is -0.644. The summed E-state index contributed by atoms with van der Waals surface area (Å²) in [6, 6.07) is 8.57. The van der Waals surface area contributed by atoms with Gasteiger partial charge in [0, 0.05) is 17.6 Å². The number of hydrogen-bond acceptors (Lipinski definition) is 1. The Bertz CT molecular complexity index is 730. The second-order valence-electron chi connectivity index (χ2n) is 4.60. The number of benzene rings is 1. The minimum absolute atomic E-state index is 1.09. The van der Waals surface area contributed by atoms with Crippen LogP contribution in [0.1, 0.15) is 11.1 Å². The van der Waals surface area contributed by atoms with Crippen molar-refractivity contribution in [3.63, 3.8) is 0 Å². The molecule has 84 valence electrons. The number of fused-ring (bicyclic) bond motifs is 3. The number of aromatic nitrogens is 2. The average Bonchev–Trinajstić information content (AvgIpc) is 2.33. The molecule has 2 heteroatoms. The van der Waals surface area contributed by atoms with Crippen LogP contribution in [-0.2, 0) is 7.05 Å². The second-order valence-corrected chi connectivity index (χ2v) is 4.60. The average molecular weight is 223 g/mol. The Morgan fingerprint density at radius 1 is 0.941 bits per heavy atom. The van der Waals surface area contributed by atoms with Crippen molar-refractivity contribution in [1.82, 2.24) is 4.98 Å². The van der Waals surface area contributed by atoms with Gasteiger partial charge in [-0.25, -0.2) is 4.98 Å². The quantitative estimate of drug-likeness (QED) is 0.423. The van der Waals surface area contributed by atoms with Crippen LogP contribution < -0.4 is 4.57 Å². The van der Waals surface area contributed by atoms with Crippen molar-refractivity contribution in [3.8, 4) is 0 Å². The number of pyridine rings is 2. The van der Waals surface area contributed by atoms with E-state index in [4.69, 9.17) is 0 Å². The second kappa shape index (κ2) is 3.52. The number of hydrogen-bond donors (Lipinski definition) is 0. The van der Waals surface area contributed by atoms with Gasteiger partial charge < -0.3 is 0 Å². The summed E-state index contributed by atoms with van der Waals surface area (Å²) in [4.78, 5) is 4.55. The van der Waals surface area contributed by atoms with Gasteiger partial charge in [-0.2, -0.15) is 4.57 Å². The van der Waals surface area contributed by atoms with E-state index in [1.165, 1.54) is 27.4 Å². The predicted molar refractivity (Wildman–Crippen MR) is 69.9 cm³/mol. The number of rotatable bonds is 0. The van der Waals surface area contributed by atoms with Crippen molar-refractivity contribution in [2.45, 2.75) is 13.8 Å². The normalized spacial score (nSPS) is 11.2. The Morgan fingerprint density at radius 3 is 2.47 bits per heavy atom. The first-order valence-electron chi connectivity index (χ1n) is 5.82. The van der Waals surface area contributed by atoms with Crippen LogP contribution in [0.25, 0.3) is 21.8 Å². The molecule has 3 rings (SSSR count). The van der Waals surface area contributed by atoms with Gasteiger partial charge >= 0.3 is 0 Å². The highest BCUT2D eigenvalue weighted by Gasteiger charge is 2.13. The van der Waals surface area contributed by atoms with Gasteiger partial charge in [0.1, 0.15) is 12.6 Å². The molecule has 0 radical (unpaired) electrons. The van der Waals surface area contributed by atoms with Gasteiger partial charge in [0.15, 0.2) is 6.20 Å². The number of aryl methyl sites for hydroxylation is 3. The van der Waals surface area contributed by atoms with Crippen LogP contribution in [-0.4, -0.2) is 4.98 Å². The Labute approximate surface area is 101 Å². The summed E-state index contributed by atoms with van der Waals surface area (Å²) in [5.41, 5.74) is 4.88. The zero-order chi connectivity index (χ0) is 12.0. The van der Waals surface area contributed by atoms with Gasteiger partial charge in [0.05, 0.1) is 5.39 Å². The highest BCUT2D eigenvalue weighted by atomic mass is 14.9. The fourth-order valence-electron chi connectivity index (χ4n) is 2.41. The molecule has 0 saturated heterocycles. The molecule has 0 amide bonds. The van der Waals surface area contributed by atoms with E-state index < -0.39 is 0 Å². The van der Waals surface area contributed by atoms with E-state index in [1.807, 2.05) is 6.20 Å². The molecule has 2 aromatic heterocycles. The summed E-state index contributed by atoms with van der Waals surface area (Å²) in [5.74, 6) is 0. The Hall–Kier alpha value is -1.96. The smallest absolute Gasteiger partial charge is 0.239 e. The third-order valence-corrected chi connectivity index (χ3v) is 3.43. The highest BCUT2D eigenvalue weighted by Crippen LogP contribution is 2.24. The van der Waals surface area contributed by atoms with Gasteiger partial charge in [-0.05, 0) is 37.1 Å². The van der Waals surface area contributed by atoms with Crippen LogP contribution >= 0.6 is 0 Å². The first-order valence-corrected chi connectivity index (χ1v) is 5.82. The topological polar surface area (TPSA) is 16.8 Å². The SMILES string of the molecule is Cc1ccnc2c1ccc1c(C)cc[n+](C)c12. The molecule has 17 heavy (non-hydrogen) atoms. The lowest BCUT2D eigenvalue weighted by Crippen LogP contribution is -2.28. The summed E-state index contributed by atoms with van der Waals surface area (Å²) >= 11 is 0. The van der Waals surface area contributed by atoms with Crippen LogP contribution in [0.2, 0.25) is 0 Å². The fraction of sp³-hybridized carbons (Fsp3) is 0.200.